The lowest BCUT2D eigenvalue weighted by molar-refractivity contribution is -0.134. The predicted molar refractivity (Wildman–Crippen MR) is 288 cm³/mol. The summed E-state index contributed by atoms with van der Waals surface area (Å²) in [5.41, 5.74) is -1.50. The smallest absolute Gasteiger partial charge is 0.393 e. The van der Waals surface area contributed by atoms with Gasteiger partial charge in [0.05, 0.1) is 23.9 Å². The van der Waals surface area contributed by atoms with E-state index in [1.807, 2.05) is 0 Å². The molecule has 21 N–H and O–H groups in total. The number of rotatable bonds is 24. The summed E-state index contributed by atoms with van der Waals surface area (Å²) in [6.45, 7) is 4.55. The van der Waals surface area contributed by atoms with Crippen molar-refractivity contribution in [2.45, 2.75) is 203 Å². The summed E-state index contributed by atoms with van der Waals surface area (Å²) in [6, 6.07) is -0.896. The minimum Gasteiger partial charge on any atom is -0.393 e. The van der Waals surface area contributed by atoms with E-state index in [4.69, 9.17) is 16.8 Å². The first-order chi connectivity index (χ1) is 35.0. The van der Waals surface area contributed by atoms with E-state index in [0.717, 1.165) is 19.6 Å². The van der Waals surface area contributed by atoms with Gasteiger partial charge in [0, 0.05) is 49.7 Å². The lowest BCUT2D eigenvalue weighted by atomic mass is 9.59. The van der Waals surface area contributed by atoms with Crippen molar-refractivity contribution in [2.24, 2.45) is 71.0 Å². The van der Waals surface area contributed by atoms with Gasteiger partial charge >= 0.3 is 70.7 Å². The Morgan fingerprint density at radius 2 is 0.701 bits per heavy atom. The maximum Gasteiger partial charge on any atom is 0.671 e. The van der Waals surface area contributed by atoms with E-state index in [9.17, 15) is 102 Å². The summed E-state index contributed by atoms with van der Waals surface area (Å²) >= 11 is 0. The van der Waals surface area contributed by atoms with E-state index in [1.54, 1.807) is 6.92 Å². The molecule has 25 nitrogen and oxygen atoms in total. The van der Waals surface area contributed by atoms with Gasteiger partial charge in [-0.25, -0.2) is 0 Å². The largest absolute Gasteiger partial charge is 0.671 e. The van der Waals surface area contributed by atoms with Crippen LogP contribution in [0, 0.1) is 71.0 Å². The molecule has 5 rings (SSSR count). The molecule has 16 unspecified atom stereocenters. The van der Waals surface area contributed by atoms with E-state index < -0.39 is 124 Å². The van der Waals surface area contributed by atoms with Crippen LogP contribution in [0.3, 0.4) is 0 Å². The third-order valence-corrected chi connectivity index (χ3v) is 30.6. The highest BCUT2D eigenvalue weighted by molar-refractivity contribution is 6.83. The van der Waals surface area contributed by atoms with Crippen LogP contribution in [0.2, 0.25) is 43.8 Å². The van der Waals surface area contributed by atoms with Crippen LogP contribution in [0.4, 0.5) is 0 Å². The maximum atomic E-state index is 12.9. The fourth-order valence-electron chi connectivity index (χ4n) is 15.1. The van der Waals surface area contributed by atoms with Crippen molar-refractivity contribution in [3.8, 4) is 0 Å². The minimum absolute atomic E-state index is 0.0576. The first kappa shape index (κ1) is 68.5. The normalized spacial score (nSPS) is 35.7. The summed E-state index contributed by atoms with van der Waals surface area (Å²) in [5, 5.41) is 38.2. The molecule has 6 bridgehead atoms. The molecule has 5 aliphatic carbocycles. The molecule has 5 aliphatic rings. The Bertz CT molecular complexity index is 1760. The van der Waals surface area contributed by atoms with Gasteiger partial charge in [0.2, 0.25) is 0 Å². The van der Waals surface area contributed by atoms with Gasteiger partial charge in [0.1, 0.15) is 0 Å². The van der Waals surface area contributed by atoms with Crippen LogP contribution in [0.15, 0.2) is 0 Å². The third kappa shape index (κ3) is 23.6. The van der Waals surface area contributed by atoms with Crippen molar-refractivity contribution in [3.05, 3.63) is 0 Å². The molecule has 0 spiro atoms. The second kappa shape index (κ2) is 27.0. The van der Waals surface area contributed by atoms with Crippen molar-refractivity contribution in [1.82, 2.24) is 0 Å². The summed E-state index contributed by atoms with van der Waals surface area (Å²) in [4.78, 5) is 185. The van der Waals surface area contributed by atoms with Crippen molar-refractivity contribution in [3.63, 3.8) is 0 Å². The molecular weight excluding hydrogens is 1150 g/mol. The molecule has 0 amide bonds. The number of aliphatic hydroxyl groups is 3. The first-order valence-electron chi connectivity index (χ1n) is 27.8. The molecule has 0 heterocycles. The van der Waals surface area contributed by atoms with Crippen molar-refractivity contribution in [2.75, 3.05) is 0 Å². The highest BCUT2D eigenvalue weighted by Crippen LogP contribution is 2.55. The Labute approximate surface area is 461 Å². The molecule has 77 heavy (non-hydrogen) atoms. The summed E-state index contributed by atoms with van der Waals surface area (Å²) in [7, 11) is -37.1. The molecule has 0 radical (unpaired) electrons. The van der Waals surface area contributed by atoms with E-state index >= 15 is 0 Å². The van der Waals surface area contributed by atoms with Crippen LogP contribution in [0.5, 0.6) is 0 Å². The number of fused-ring (bicyclic) bond motifs is 7. The van der Waals surface area contributed by atoms with Crippen molar-refractivity contribution in [1.29, 1.82) is 0 Å². The number of hydrogen-bond donors (Lipinski definition) is 21. The van der Waals surface area contributed by atoms with Crippen LogP contribution >= 0.6 is 0 Å². The zero-order chi connectivity index (χ0) is 58.0. The second-order valence-electron chi connectivity index (χ2n) is 25.4. The molecule has 0 aromatic carbocycles. The first-order valence-corrected chi connectivity index (χ1v) is 44.6. The standard InChI is InChI=1S/C44H96O25Si8/c1-44(47)28-39-23-29(9-5-13-73(54,55)56)17-33(39)25-34-18-30(10-6-14-74(57,58)59)19-35(41(34)45)26-37-21-31(12-8-16-76(67-70(2,48)49,68-71(3,50)51)69-72(4,52)53)22-38(43(37)66-77(63,64)65)27-36-20-32(24-40(44)42(36)46)11-7-15-75(60,61)62/h29-43,45-65H,5-28H2,1-4H3. The maximum absolute atomic E-state index is 12.9. The van der Waals surface area contributed by atoms with Gasteiger partial charge in [0.15, 0.2) is 0 Å². The van der Waals surface area contributed by atoms with Crippen LogP contribution in [0.25, 0.3) is 0 Å². The second-order valence-corrected chi connectivity index (χ2v) is 42.8. The lowest BCUT2D eigenvalue weighted by Crippen LogP contribution is -2.64. The molecule has 0 saturated heterocycles. The van der Waals surface area contributed by atoms with Gasteiger partial charge in [-0.05, 0) is 175 Å². The molecular formula is C44H96O25Si8. The Balaban J connectivity index is 1.60. The highest BCUT2D eigenvalue weighted by Gasteiger charge is 2.57. The van der Waals surface area contributed by atoms with Gasteiger partial charge in [-0.1, -0.05) is 25.7 Å². The van der Waals surface area contributed by atoms with Crippen molar-refractivity contribution >= 4 is 70.7 Å². The van der Waals surface area contributed by atoms with Gasteiger partial charge in [0.25, 0.3) is 0 Å². The Morgan fingerprint density at radius 1 is 0.390 bits per heavy atom. The van der Waals surface area contributed by atoms with E-state index in [-0.39, 0.29) is 111 Å². The molecule has 33 heteroatoms. The highest BCUT2D eigenvalue weighted by atomic mass is 28.5. The van der Waals surface area contributed by atoms with Gasteiger partial charge in [-0.3, -0.25) is 0 Å². The number of aliphatic hydroxyl groups excluding tert-OH is 2. The fraction of sp³-hybridized carbons (Fsp3) is 1.00. The van der Waals surface area contributed by atoms with Crippen LogP contribution in [0.1, 0.15) is 135 Å². The Morgan fingerprint density at radius 3 is 1.06 bits per heavy atom. The Kier molecular flexibility index (Phi) is 24.0. The molecule has 0 aliphatic heterocycles. The molecule has 0 aromatic heterocycles. The monoisotopic (exact) mass is 1250 g/mol. The van der Waals surface area contributed by atoms with Crippen LogP contribution in [-0.2, 0) is 16.8 Å². The third-order valence-electron chi connectivity index (χ3n) is 17.6. The zero-order valence-corrected chi connectivity index (χ0v) is 53.2. The lowest BCUT2D eigenvalue weighted by Gasteiger charge is -2.51. The van der Waals surface area contributed by atoms with Crippen LogP contribution in [-0.4, -0.2) is 196 Å². The number of hydrogen-bond acceptors (Lipinski definition) is 25. The van der Waals surface area contributed by atoms with E-state index in [0.29, 0.717) is 83.5 Å². The molecule has 454 valence electrons. The minimum atomic E-state index is -5.35. The topological polar surface area (TPSA) is 462 Å². The van der Waals surface area contributed by atoms with E-state index in [2.05, 4.69) is 0 Å². The van der Waals surface area contributed by atoms with E-state index in [1.165, 1.54) is 0 Å². The van der Waals surface area contributed by atoms with Gasteiger partial charge in [-0.2, -0.15) is 0 Å². The Hall–Kier alpha value is 0.735. The van der Waals surface area contributed by atoms with Gasteiger partial charge < -0.3 is 118 Å². The average molecular weight is 1250 g/mol. The van der Waals surface area contributed by atoms with Crippen LogP contribution < -0.4 is 0 Å². The van der Waals surface area contributed by atoms with Gasteiger partial charge in [-0.15, -0.1) is 0 Å². The zero-order valence-electron chi connectivity index (χ0n) is 45.2. The average Bonchev–Trinajstić information content (AvgIpc) is 3.56. The van der Waals surface area contributed by atoms with Crippen molar-refractivity contribution < 1.29 is 118 Å². The fourth-order valence-corrected chi connectivity index (χ4v) is 28.5. The predicted octanol–water partition coefficient (Wildman–Crippen LogP) is -2.08. The molecule has 5 fully saturated rings. The summed E-state index contributed by atoms with van der Waals surface area (Å²) < 4.78 is 22.6. The summed E-state index contributed by atoms with van der Waals surface area (Å²) in [5.74, 6) is -4.01. The molecule has 16 atom stereocenters. The molecule has 5 saturated carbocycles. The molecule has 0 aromatic rings. The SMILES string of the molecule is CC1(O)CC2CC(CCC[Si](O)(O)O)CC2CC2CC(CCC[Si](O)(O)O)CC(CC3CC(CCC[Si](O[Si](C)(O)O)(O[Si](C)(O)O)O[Si](C)(O)O)CC(CC4CC(CCC[Si](O)(O)O)CC1C4O)C3O[Si](O)(O)O)C2O. The summed E-state index contributed by atoms with van der Waals surface area (Å²) in [6.07, 6.45) is 4.42. The quantitative estimate of drug-likeness (QED) is 0.0461.